The van der Waals surface area contributed by atoms with Gasteiger partial charge in [-0.15, -0.1) is 0 Å². The van der Waals surface area contributed by atoms with E-state index < -0.39 is 6.16 Å². The highest BCUT2D eigenvalue weighted by molar-refractivity contribution is 5.61. The monoisotopic (exact) mass is 268 g/mol. The fourth-order valence-electron chi connectivity index (χ4n) is 3.32. The zero-order valence-corrected chi connectivity index (χ0v) is 12.1. The molecule has 19 heavy (non-hydrogen) atoms. The first-order valence-corrected chi connectivity index (χ1v) is 8.18. The summed E-state index contributed by atoms with van der Waals surface area (Å²) in [6, 6.07) is 0. The van der Waals surface area contributed by atoms with Gasteiger partial charge in [0.05, 0.1) is 0 Å². The van der Waals surface area contributed by atoms with Gasteiger partial charge in [0, 0.05) is 0 Å². The lowest BCUT2D eigenvalue weighted by Crippen LogP contribution is -2.09. The van der Waals surface area contributed by atoms with Crippen LogP contribution in [0, 0.1) is 5.92 Å². The Hall–Kier alpha value is -0.730. The van der Waals surface area contributed by atoms with E-state index in [9.17, 15) is 4.79 Å². The van der Waals surface area contributed by atoms with Gasteiger partial charge in [-0.1, -0.05) is 64.2 Å². The minimum Gasteiger partial charge on any atom is -0.430 e. The molecule has 2 rings (SSSR count). The molecule has 1 heterocycles. The van der Waals surface area contributed by atoms with Gasteiger partial charge in [-0.05, 0) is 18.8 Å². The largest absolute Gasteiger partial charge is 0.508 e. The van der Waals surface area contributed by atoms with Gasteiger partial charge in [0.25, 0.3) is 0 Å². The minimum absolute atomic E-state index is 0.0229. The van der Waals surface area contributed by atoms with Crippen LogP contribution in [0.1, 0.15) is 77.0 Å². The predicted molar refractivity (Wildman–Crippen MR) is 75.1 cm³/mol. The Kier molecular flexibility index (Phi) is 6.52. The number of carbonyl (C=O) groups is 1. The Bertz CT molecular complexity index is 259. The third-order valence-electron chi connectivity index (χ3n) is 4.51. The summed E-state index contributed by atoms with van der Waals surface area (Å²) in [4.78, 5) is 10.7. The quantitative estimate of drug-likeness (QED) is 0.467. The molecule has 1 atom stereocenters. The summed E-state index contributed by atoms with van der Waals surface area (Å²) in [6.45, 7) is 0.459. The van der Waals surface area contributed by atoms with Crippen LogP contribution in [0.15, 0.2) is 0 Å². The van der Waals surface area contributed by atoms with Crippen LogP contribution in [-0.2, 0) is 9.47 Å². The van der Waals surface area contributed by atoms with Gasteiger partial charge in [-0.3, -0.25) is 0 Å². The molecule has 0 amide bonds. The van der Waals surface area contributed by atoms with Crippen molar-refractivity contribution in [3.05, 3.63) is 0 Å². The van der Waals surface area contributed by atoms with Crippen molar-refractivity contribution in [2.75, 3.05) is 6.61 Å². The number of unbranched alkanes of at least 4 members (excludes halogenated alkanes) is 4. The van der Waals surface area contributed by atoms with Crippen LogP contribution in [0.5, 0.6) is 0 Å². The van der Waals surface area contributed by atoms with Crippen molar-refractivity contribution >= 4 is 6.16 Å². The van der Waals surface area contributed by atoms with Crippen LogP contribution < -0.4 is 0 Å². The maximum absolute atomic E-state index is 10.7. The van der Waals surface area contributed by atoms with Crippen LogP contribution in [-0.4, -0.2) is 18.9 Å². The van der Waals surface area contributed by atoms with E-state index in [1.807, 2.05) is 0 Å². The highest BCUT2D eigenvalue weighted by atomic mass is 16.8. The fourth-order valence-corrected chi connectivity index (χ4v) is 3.32. The van der Waals surface area contributed by atoms with Crippen molar-refractivity contribution in [1.29, 1.82) is 0 Å². The van der Waals surface area contributed by atoms with Crippen molar-refractivity contribution in [3.63, 3.8) is 0 Å². The van der Waals surface area contributed by atoms with Gasteiger partial charge in [0.15, 0.2) is 0 Å². The van der Waals surface area contributed by atoms with Crippen molar-refractivity contribution in [3.8, 4) is 0 Å². The minimum atomic E-state index is -0.488. The third-order valence-corrected chi connectivity index (χ3v) is 4.51. The van der Waals surface area contributed by atoms with E-state index >= 15 is 0 Å². The lowest BCUT2D eigenvalue weighted by atomic mass is 9.85. The molecule has 0 N–H and O–H groups in total. The normalized spacial score (nSPS) is 24.2. The fraction of sp³-hybridized carbons (Fsp3) is 0.938. The first kappa shape index (κ1) is 14.7. The SMILES string of the molecule is O=C1OCC(CCCCCCCC2CCCCC2)O1. The molecule has 0 spiro atoms. The van der Waals surface area contributed by atoms with Crippen molar-refractivity contribution < 1.29 is 14.3 Å². The van der Waals surface area contributed by atoms with Crippen molar-refractivity contribution in [1.82, 2.24) is 0 Å². The average Bonchev–Trinajstić information content (AvgIpc) is 2.85. The lowest BCUT2D eigenvalue weighted by molar-refractivity contribution is 0.115. The molecule has 1 aliphatic heterocycles. The lowest BCUT2D eigenvalue weighted by Gasteiger charge is -2.21. The van der Waals surface area contributed by atoms with Crippen LogP contribution in [0.4, 0.5) is 4.79 Å². The van der Waals surface area contributed by atoms with E-state index in [2.05, 4.69) is 0 Å². The highest BCUT2D eigenvalue weighted by Crippen LogP contribution is 2.28. The molecule has 1 aliphatic carbocycles. The molecule has 3 heteroatoms. The smallest absolute Gasteiger partial charge is 0.430 e. The molecule has 0 aromatic heterocycles. The molecule has 2 aliphatic rings. The Morgan fingerprint density at radius 1 is 0.895 bits per heavy atom. The second-order valence-corrected chi connectivity index (χ2v) is 6.15. The van der Waals surface area contributed by atoms with Gasteiger partial charge < -0.3 is 9.47 Å². The summed E-state index contributed by atoms with van der Waals surface area (Å²) in [7, 11) is 0. The van der Waals surface area contributed by atoms with E-state index in [1.54, 1.807) is 0 Å². The molecule has 1 unspecified atom stereocenters. The first-order valence-electron chi connectivity index (χ1n) is 8.18. The van der Waals surface area contributed by atoms with Gasteiger partial charge >= 0.3 is 6.16 Å². The summed E-state index contributed by atoms with van der Waals surface area (Å²) < 4.78 is 9.77. The second kappa shape index (κ2) is 8.44. The molecule has 0 aromatic rings. The summed E-state index contributed by atoms with van der Waals surface area (Å²) >= 11 is 0. The van der Waals surface area contributed by atoms with Crippen LogP contribution in [0.2, 0.25) is 0 Å². The molecular weight excluding hydrogens is 240 g/mol. The van der Waals surface area contributed by atoms with Crippen molar-refractivity contribution in [2.45, 2.75) is 83.2 Å². The van der Waals surface area contributed by atoms with Gasteiger partial charge in [-0.25, -0.2) is 4.79 Å². The number of rotatable bonds is 8. The molecule has 1 saturated carbocycles. The standard InChI is InChI=1S/C16H28O3/c17-16-18-13-15(19-16)12-8-3-1-2-5-9-14-10-6-4-7-11-14/h14-15H,1-13H2. The molecule has 110 valence electrons. The Morgan fingerprint density at radius 3 is 2.26 bits per heavy atom. The number of hydrogen-bond donors (Lipinski definition) is 0. The van der Waals surface area contributed by atoms with Crippen molar-refractivity contribution in [2.24, 2.45) is 5.92 Å². The van der Waals surface area contributed by atoms with Crippen LogP contribution in [0.25, 0.3) is 0 Å². The highest BCUT2D eigenvalue weighted by Gasteiger charge is 2.23. The van der Waals surface area contributed by atoms with Gasteiger partial charge in [0.1, 0.15) is 12.7 Å². The molecule has 1 saturated heterocycles. The molecule has 3 nitrogen and oxygen atoms in total. The van der Waals surface area contributed by atoms with Crippen LogP contribution in [0.3, 0.4) is 0 Å². The number of cyclic esters (lactones) is 2. The van der Waals surface area contributed by atoms with E-state index in [0.717, 1.165) is 18.8 Å². The first-order chi connectivity index (χ1) is 9.34. The Labute approximate surface area is 117 Å². The maximum atomic E-state index is 10.7. The topological polar surface area (TPSA) is 35.5 Å². The number of hydrogen-bond acceptors (Lipinski definition) is 3. The zero-order chi connectivity index (χ0) is 13.3. The predicted octanol–water partition coefficient (Wildman–Crippen LogP) is 4.83. The Morgan fingerprint density at radius 2 is 1.58 bits per heavy atom. The summed E-state index contributed by atoms with van der Waals surface area (Å²) in [5.74, 6) is 1.03. The molecule has 0 bridgehead atoms. The maximum Gasteiger partial charge on any atom is 0.508 e. The molecular formula is C16H28O3. The summed E-state index contributed by atoms with van der Waals surface area (Å²) in [5, 5.41) is 0. The number of carbonyl (C=O) groups excluding carboxylic acids is 1. The molecule has 2 fully saturated rings. The van der Waals surface area contributed by atoms with E-state index in [0.29, 0.717) is 6.61 Å². The average molecular weight is 268 g/mol. The summed E-state index contributed by atoms with van der Waals surface area (Å²) in [5.41, 5.74) is 0. The van der Waals surface area contributed by atoms with E-state index in [4.69, 9.17) is 9.47 Å². The van der Waals surface area contributed by atoms with Crippen LogP contribution >= 0.6 is 0 Å². The molecule has 0 radical (unpaired) electrons. The van der Waals surface area contributed by atoms with E-state index in [1.165, 1.54) is 64.2 Å². The zero-order valence-electron chi connectivity index (χ0n) is 12.1. The Balaban J connectivity index is 1.37. The second-order valence-electron chi connectivity index (χ2n) is 6.15. The van der Waals surface area contributed by atoms with E-state index in [-0.39, 0.29) is 6.10 Å². The molecule has 0 aromatic carbocycles. The van der Waals surface area contributed by atoms with Gasteiger partial charge in [0.2, 0.25) is 0 Å². The number of ether oxygens (including phenoxy) is 2. The van der Waals surface area contributed by atoms with Gasteiger partial charge in [-0.2, -0.15) is 0 Å². The third kappa shape index (κ3) is 5.84. The summed E-state index contributed by atoms with van der Waals surface area (Å²) in [6.07, 6.45) is 15.8.